The van der Waals surface area contributed by atoms with E-state index < -0.39 is 4.92 Å². The van der Waals surface area contributed by atoms with E-state index >= 15 is 0 Å². The zero-order valence-corrected chi connectivity index (χ0v) is 6.81. The van der Waals surface area contributed by atoms with Gasteiger partial charge in [-0.05, 0) is 12.1 Å². The number of rotatable bonds is 3. The quantitative estimate of drug-likeness (QED) is 0.515. The monoisotopic (exact) mass is 180 g/mol. The first-order valence-corrected chi connectivity index (χ1v) is 3.39. The lowest BCUT2D eigenvalue weighted by atomic mass is 10.2. The summed E-state index contributed by atoms with van der Waals surface area (Å²) >= 11 is 0. The molecule has 0 heterocycles. The minimum Gasteiger partial charge on any atom is -0.490 e. The number of methoxy groups -OCH3 is 1. The van der Waals surface area contributed by atoms with E-state index in [1.54, 1.807) is 6.29 Å². The van der Waals surface area contributed by atoms with Crippen LogP contribution < -0.4 is 4.74 Å². The Labute approximate surface area is 74.1 Å². The molecule has 0 spiro atoms. The highest BCUT2D eigenvalue weighted by Crippen LogP contribution is 2.26. The maximum absolute atomic E-state index is 10.4. The average Bonchev–Trinajstić information content (AvgIpc) is 2.16. The molecule has 67 valence electrons. The standard InChI is InChI=1S/C8H6NO4/c1-13-8-3-2-6(5-10)4-7(8)9(11)12/h2-4H,1H3. The molecule has 0 aliphatic heterocycles. The molecule has 0 atom stereocenters. The number of benzene rings is 1. The van der Waals surface area contributed by atoms with Crippen molar-refractivity contribution >= 4 is 12.0 Å². The Morgan fingerprint density at radius 1 is 1.54 bits per heavy atom. The Kier molecular flexibility index (Phi) is 2.59. The fourth-order valence-corrected chi connectivity index (χ4v) is 0.896. The van der Waals surface area contributed by atoms with E-state index in [0.717, 1.165) is 6.07 Å². The van der Waals surface area contributed by atoms with E-state index in [1.807, 2.05) is 0 Å². The van der Waals surface area contributed by atoms with Crippen LogP contribution in [0.3, 0.4) is 0 Å². The topological polar surface area (TPSA) is 69.4 Å². The SMILES string of the molecule is COc1ccc([C]=O)cc1[N+](=O)[O-]. The third-order valence-electron chi connectivity index (χ3n) is 1.49. The zero-order valence-electron chi connectivity index (χ0n) is 6.81. The predicted molar refractivity (Wildman–Crippen MR) is 44.4 cm³/mol. The van der Waals surface area contributed by atoms with Gasteiger partial charge in [0.05, 0.1) is 12.0 Å². The van der Waals surface area contributed by atoms with Crippen molar-refractivity contribution in [3.8, 4) is 5.75 Å². The van der Waals surface area contributed by atoms with Crippen LogP contribution in [0.4, 0.5) is 5.69 Å². The number of nitro benzene ring substituents is 1. The van der Waals surface area contributed by atoms with Gasteiger partial charge in [0.1, 0.15) is 0 Å². The Morgan fingerprint density at radius 2 is 2.23 bits per heavy atom. The van der Waals surface area contributed by atoms with Crippen LogP contribution in [0, 0.1) is 10.1 Å². The smallest absolute Gasteiger partial charge is 0.311 e. The Morgan fingerprint density at radius 3 is 2.69 bits per heavy atom. The molecule has 0 N–H and O–H groups in total. The molecule has 1 rings (SSSR count). The van der Waals surface area contributed by atoms with Crippen LogP contribution in [-0.4, -0.2) is 18.3 Å². The number of hydrogen-bond acceptors (Lipinski definition) is 4. The second kappa shape index (κ2) is 3.66. The Balaban J connectivity index is 3.25. The molecule has 0 aromatic heterocycles. The first-order valence-electron chi connectivity index (χ1n) is 3.39. The van der Waals surface area contributed by atoms with E-state index in [0.29, 0.717) is 0 Å². The first-order chi connectivity index (χ1) is 6.19. The van der Waals surface area contributed by atoms with E-state index in [1.165, 1.54) is 19.2 Å². The van der Waals surface area contributed by atoms with Gasteiger partial charge in [-0.25, -0.2) is 0 Å². The second-order valence-corrected chi connectivity index (χ2v) is 2.25. The van der Waals surface area contributed by atoms with Crippen LogP contribution in [0.15, 0.2) is 18.2 Å². The Bertz CT molecular complexity index is 348. The van der Waals surface area contributed by atoms with Crippen LogP contribution in [0.25, 0.3) is 0 Å². The van der Waals surface area contributed by atoms with Gasteiger partial charge >= 0.3 is 5.69 Å². The number of hydrogen-bond donors (Lipinski definition) is 0. The molecule has 5 nitrogen and oxygen atoms in total. The van der Waals surface area contributed by atoms with E-state index in [-0.39, 0.29) is 17.0 Å². The minimum atomic E-state index is -0.611. The number of ether oxygens (including phenoxy) is 1. The summed E-state index contributed by atoms with van der Waals surface area (Å²) in [5.41, 5.74) is -0.101. The van der Waals surface area contributed by atoms with Crippen LogP contribution in [0.5, 0.6) is 5.75 Å². The van der Waals surface area contributed by atoms with Gasteiger partial charge < -0.3 is 4.74 Å². The fourth-order valence-electron chi connectivity index (χ4n) is 0.896. The van der Waals surface area contributed by atoms with Crippen molar-refractivity contribution < 1.29 is 14.5 Å². The Hall–Kier alpha value is -1.91. The molecule has 1 aromatic rings. The number of nitro groups is 1. The zero-order chi connectivity index (χ0) is 9.84. The third kappa shape index (κ3) is 1.81. The van der Waals surface area contributed by atoms with Crippen molar-refractivity contribution in [1.82, 2.24) is 0 Å². The molecule has 0 saturated heterocycles. The van der Waals surface area contributed by atoms with Gasteiger partial charge in [0.2, 0.25) is 6.29 Å². The average molecular weight is 180 g/mol. The first kappa shape index (κ1) is 9.18. The lowest BCUT2D eigenvalue weighted by Crippen LogP contribution is -1.94. The number of nitrogens with zero attached hydrogens (tertiary/aromatic N) is 1. The molecule has 5 heteroatoms. The number of carbonyl (C=O) groups excluding carboxylic acids is 1. The van der Waals surface area contributed by atoms with Crippen molar-refractivity contribution in [3.05, 3.63) is 33.9 Å². The van der Waals surface area contributed by atoms with Gasteiger partial charge in [0.25, 0.3) is 0 Å². The summed E-state index contributed by atoms with van der Waals surface area (Å²) in [6, 6.07) is 3.88. The lowest BCUT2D eigenvalue weighted by Gasteiger charge is -2.00. The highest BCUT2D eigenvalue weighted by molar-refractivity contribution is 5.77. The van der Waals surface area contributed by atoms with Crippen molar-refractivity contribution in [2.75, 3.05) is 7.11 Å². The summed E-state index contributed by atoms with van der Waals surface area (Å²) in [6.45, 7) is 0. The van der Waals surface area contributed by atoms with Gasteiger partial charge in [0, 0.05) is 11.6 Å². The summed E-state index contributed by atoms with van der Waals surface area (Å²) in [5, 5.41) is 10.4. The van der Waals surface area contributed by atoms with Crippen LogP contribution in [-0.2, 0) is 4.79 Å². The van der Waals surface area contributed by atoms with Crippen molar-refractivity contribution in [1.29, 1.82) is 0 Å². The third-order valence-corrected chi connectivity index (χ3v) is 1.49. The molecular formula is C8H6NO4. The highest BCUT2D eigenvalue weighted by atomic mass is 16.6. The molecule has 13 heavy (non-hydrogen) atoms. The maximum atomic E-state index is 10.4. The van der Waals surface area contributed by atoms with E-state index in [9.17, 15) is 14.9 Å². The van der Waals surface area contributed by atoms with Crippen molar-refractivity contribution in [2.45, 2.75) is 0 Å². The molecule has 0 aliphatic rings. The van der Waals surface area contributed by atoms with Gasteiger partial charge in [-0.3, -0.25) is 14.9 Å². The van der Waals surface area contributed by atoms with Crippen LogP contribution in [0.2, 0.25) is 0 Å². The van der Waals surface area contributed by atoms with Gasteiger partial charge in [-0.1, -0.05) is 0 Å². The predicted octanol–water partition coefficient (Wildman–Crippen LogP) is 1.06. The molecule has 0 bridgehead atoms. The normalized spacial score (nSPS) is 9.31. The maximum Gasteiger partial charge on any atom is 0.311 e. The molecule has 0 fully saturated rings. The fraction of sp³-hybridized carbons (Fsp3) is 0.125. The van der Waals surface area contributed by atoms with Gasteiger partial charge in [-0.2, -0.15) is 0 Å². The lowest BCUT2D eigenvalue weighted by molar-refractivity contribution is -0.385. The molecular weight excluding hydrogens is 174 g/mol. The summed E-state index contributed by atoms with van der Waals surface area (Å²) in [5.74, 6) is 0.129. The second-order valence-electron chi connectivity index (χ2n) is 2.25. The van der Waals surface area contributed by atoms with Crippen molar-refractivity contribution in [3.63, 3.8) is 0 Å². The summed E-state index contributed by atoms with van der Waals surface area (Å²) in [7, 11) is 1.33. The molecule has 0 unspecified atom stereocenters. The molecule has 0 saturated carbocycles. The van der Waals surface area contributed by atoms with Crippen LogP contribution in [0.1, 0.15) is 5.56 Å². The minimum absolute atomic E-state index is 0.129. The van der Waals surface area contributed by atoms with E-state index in [4.69, 9.17) is 4.74 Å². The highest BCUT2D eigenvalue weighted by Gasteiger charge is 2.14. The van der Waals surface area contributed by atoms with E-state index in [2.05, 4.69) is 0 Å². The summed E-state index contributed by atoms with van der Waals surface area (Å²) in [4.78, 5) is 20.0. The van der Waals surface area contributed by atoms with Gasteiger partial charge in [-0.15, -0.1) is 0 Å². The van der Waals surface area contributed by atoms with Gasteiger partial charge in [0.15, 0.2) is 5.75 Å². The summed E-state index contributed by atoms with van der Waals surface area (Å²) < 4.78 is 4.73. The molecule has 1 radical (unpaired) electrons. The molecule has 1 aromatic carbocycles. The molecule has 0 aliphatic carbocycles. The summed E-state index contributed by atoms with van der Waals surface area (Å²) in [6.07, 6.45) is 1.56. The van der Waals surface area contributed by atoms with Crippen LogP contribution >= 0.6 is 0 Å². The molecule has 0 amide bonds. The van der Waals surface area contributed by atoms with Crippen molar-refractivity contribution in [2.24, 2.45) is 0 Å². The largest absolute Gasteiger partial charge is 0.490 e.